The van der Waals surface area contributed by atoms with Crippen molar-refractivity contribution >= 4 is 38.4 Å². The highest BCUT2D eigenvalue weighted by Crippen LogP contribution is 2.45. The number of benzene rings is 2. The van der Waals surface area contributed by atoms with Crippen molar-refractivity contribution in [3.05, 3.63) is 41.2 Å². The fraction of sp³-hybridized carbons (Fsp3) is 0.300. The van der Waals surface area contributed by atoms with Gasteiger partial charge in [-0.05, 0) is 41.8 Å². The van der Waals surface area contributed by atoms with E-state index in [1.807, 2.05) is 12.1 Å². The number of carbonyl (C=O) groups is 1. The molecule has 1 fully saturated rings. The van der Waals surface area contributed by atoms with Gasteiger partial charge < -0.3 is 19.5 Å². The lowest BCUT2D eigenvalue weighted by atomic mass is 9.91. The van der Waals surface area contributed by atoms with Gasteiger partial charge in [0.2, 0.25) is 6.79 Å². The van der Waals surface area contributed by atoms with Gasteiger partial charge in [0, 0.05) is 19.1 Å². The van der Waals surface area contributed by atoms with Gasteiger partial charge in [-0.3, -0.25) is 0 Å². The number of rotatable bonds is 2. The highest BCUT2D eigenvalue weighted by atomic mass is 32.1. The first-order chi connectivity index (χ1) is 14.2. The summed E-state index contributed by atoms with van der Waals surface area (Å²) in [6, 6.07) is 6.35. The number of halogens is 1. The minimum Gasteiger partial charge on any atom is -0.454 e. The maximum atomic E-state index is 14.6. The lowest BCUT2D eigenvalue weighted by Crippen LogP contribution is -2.41. The van der Waals surface area contributed by atoms with Crippen LogP contribution in [0, 0.1) is 5.82 Å². The lowest BCUT2D eigenvalue weighted by Gasteiger charge is -2.30. The maximum Gasteiger partial charge on any atom is 0.328 e. The van der Waals surface area contributed by atoms with Crippen molar-refractivity contribution in [2.45, 2.75) is 18.9 Å². The molecule has 1 unspecified atom stereocenters. The summed E-state index contributed by atoms with van der Waals surface area (Å²) in [5, 5.41) is 3.36. The summed E-state index contributed by atoms with van der Waals surface area (Å²) in [5.41, 5.74) is 2.97. The molecular formula is C20H16FN3O4S. The lowest BCUT2D eigenvalue weighted by molar-refractivity contribution is 0.174. The number of anilines is 2. The Morgan fingerprint density at radius 2 is 2.21 bits per heavy atom. The van der Waals surface area contributed by atoms with Gasteiger partial charge in [-0.1, -0.05) is 11.3 Å². The molecule has 0 spiro atoms. The van der Waals surface area contributed by atoms with Crippen molar-refractivity contribution in [1.82, 2.24) is 10.3 Å². The third-order valence-corrected chi connectivity index (χ3v) is 6.54. The van der Waals surface area contributed by atoms with E-state index in [2.05, 4.69) is 10.3 Å². The van der Waals surface area contributed by atoms with E-state index in [9.17, 15) is 9.18 Å². The van der Waals surface area contributed by atoms with Crippen LogP contribution in [0.5, 0.6) is 11.5 Å². The van der Waals surface area contributed by atoms with Gasteiger partial charge in [0.1, 0.15) is 11.3 Å². The van der Waals surface area contributed by atoms with E-state index in [4.69, 9.17) is 14.2 Å². The first-order valence-corrected chi connectivity index (χ1v) is 10.2. The molecule has 1 N–H and O–H groups in total. The molecule has 9 heteroatoms. The fourth-order valence-electron chi connectivity index (χ4n) is 4.16. The molecule has 0 bridgehead atoms. The molecule has 0 saturated carbocycles. The van der Waals surface area contributed by atoms with Crippen LogP contribution in [-0.4, -0.2) is 31.0 Å². The molecule has 6 rings (SSSR count). The van der Waals surface area contributed by atoms with Gasteiger partial charge >= 0.3 is 6.03 Å². The molecule has 1 saturated heterocycles. The summed E-state index contributed by atoms with van der Waals surface area (Å²) in [4.78, 5) is 18.9. The number of fused-ring (bicyclic) bond motifs is 4. The van der Waals surface area contributed by atoms with E-state index in [1.165, 1.54) is 22.3 Å². The number of nitrogens with zero attached hydrogens (tertiary/aromatic N) is 2. The fourth-order valence-corrected chi connectivity index (χ4v) is 5.14. The molecule has 3 aliphatic heterocycles. The van der Waals surface area contributed by atoms with Gasteiger partial charge in [0.25, 0.3) is 0 Å². The number of thiazole rings is 1. The van der Waals surface area contributed by atoms with Crippen molar-refractivity contribution < 1.29 is 23.4 Å². The third-order valence-electron chi connectivity index (χ3n) is 5.53. The molecule has 2 amide bonds. The minimum absolute atomic E-state index is 0.125. The number of amides is 2. The standard InChI is InChI=1S/C20H16FN3O4S/c21-11-5-12(10-3-4-26-8-10)13-7-22-19(25)24(14(13)6-11)20-23-17-16(29-20)2-1-15-18(17)28-9-27-15/h1-2,5-6,10H,3-4,7-9H2,(H,22,25). The van der Waals surface area contributed by atoms with Gasteiger partial charge in [-0.25, -0.2) is 19.1 Å². The summed E-state index contributed by atoms with van der Waals surface area (Å²) in [5.74, 6) is 0.961. The van der Waals surface area contributed by atoms with Crippen LogP contribution < -0.4 is 19.7 Å². The third kappa shape index (κ3) is 2.57. The average Bonchev–Trinajstić information content (AvgIpc) is 3.45. The van der Waals surface area contributed by atoms with E-state index < -0.39 is 0 Å². The molecule has 4 heterocycles. The molecule has 2 aromatic carbocycles. The second kappa shape index (κ2) is 6.30. The molecule has 1 atom stereocenters. The van der Waals surface area contributed by atoms with Crippen LogP contribution >= 0.6 is 11.3 Å². The van der Waals surface area contributed by atoms with Crippen molar-refractivity contribution in [3.8, 4) is 11.5 Å². The largest absolute Gasteiger partial charge is 0.454 e. The Kier molecular flexibility index (Phi) is 3.69. The average molecular weight is 413 g/mol. The SMILES string of the molecule is O=C1NCc2c(C3CCOC3)cc(F)cc2N1c1nc2c3c(ccc2s1)OCO3. The molecular weight excluding hydrogens is 397 g/mol. The zero-order chi connectivity index (χ0) is 19.5. The van der Waals surface area contributed by atoms with Crippen LogP contribution in [0.2, 0.25) is 0 Å². The number of hydrogen-bond donors (Lipinski definition) is 1. The first-order valence-electron chi connectivity index (χ1n) is 9.36. The smallest absolute Gasteiger partial charge is 0.328 e. The van der Waals surface area contributed by atoms with Crippen LogP contribution in [-0.2, 0) is 11.3 Å². The topological polar surface area (TPSA) is 72.9 Å². The van der Waals surface area contributed by atoms with Crippen LogP contribution in [0.4, 0.5) is 20.0 Å². The molecule has 0 aliphatic carbocycles. The number of ether oxygens (including phenoxy) is 3. The summed E-state index contributed by atoms with van der Waals surface area (Å²) in [7, 11) is 0. The first kappa shape index (κ1) is 17.0. The number of urea groups is 1. The molecule has 0 radical (unpaired) electrons. The predicted octanol–water partition coefficient (Wildman–Crippen LogP) is 4.03. The van der Waals surface area contributed by atoms with E-state index in [0.29, 0.717) is 47.6 Å². The summed E-state index contributed by atoms with van der Waals surface area (Å²) in [6.45, 7) is 1.73. The van der Waals surface area contributed by atoms with E-state index in [-0.39, 0.29) is 24.6 Å². The molecule has 7 nitrogen and oxygen atoms in total. The van der Waals surface area contributed by atoms with Gasteiger partial charge in [-0.2, -0.15) is 0 Å². The Labute approximate surface area is 169 Å². The number of aromatic nitrogens is 1. The second-order valence-electron chi connectivity index (χ2n) is 7.19. The summed E-state index contributed by atoms with van der Waals surface area (Å²) < 4.78 is 31.9. The number of nitrogens with one attached hydrogen (secondary N) is 1. The van der Waals surface area contributed by atoms with E-state index >= 15 is 0 Å². The highest BCUT2D eigenvalue weighted by molar-refractivity contribution is 7.22. The van der Waals surface area contributed by atoms with E-state index in [1.54, 1.807) is 6.07 Å². The highest BCUT2D eigenvalue weighted by Gasteiger charge is 2.33. The Morgan fingerprint density at radius 1 is 1.28 bits per heavy atom. The van der Waals surface area contributed by atoms with Crippen LogP contribution in [0.15, 0.2) is 24.3 Å². The summed E-state index contributed by atoms with van der Waals surface area (Å²) >= 11 is 1.35. The maximum absolute atomic E-state index is 14.6. The molecule has 148 valence electrons. The Hall–Kier alpha value is -2.91. The zero-order valence-electron chi connectivity index (χ0n) is 15.2. The quantitative estimate of drug-likeness (QED) is 0.687. The predicted molar refractivity (Wildman–Crippen MR) is 105 cm³/mol. The van der Waals surface area contributed by atoms with Crippen molar-refractivity contribution in [2.24, 2.45) is 0 Å². The van der Waals surface area contributed by atoms with Gasteiger partial charge in [0.15, 0.2) is 16.6 Å². The van der Waals surface area contributed by atoms with E-state index in [0.717, 1.165) is 22.2 Å². The molecule has 3 aromatic rings. The molecule has 29 heavy (non-hydrogen) atoms. The van der Waals surface area contributed by atoms with Gasteiger partial charge in [-0.15, -0.1) is 0 Å². The van der Waals surface area contributed by atoms with Crippen molar-refractivity contribution in [2.75, 3.05) is 24.9 Å². The van der Waals surface area contributed by atoms with Crippen LogP contribution in [0.3, 0.4) is 0 Å². The van der Waals surface area contributed by atoms with Crippen LogP contribution in [0.25, 0.3) is 10.2 Å². The number of carbonyl (C=O) groups excluding carboxylic acids is 1. The minimum atomic E-state index is -0.371. The molecule has 3 aliphatic rings. The molecule has 1 aromatic heterocycles. The van der Waals surface area contributed by atoms with Crippen molar-refractivity contribution in [3.63, 3.8) is 0 Å². The van der Waals surface area contributed by atoms with Crippen LogP contribution in [0.1, 0.15) is 23.5 Å². The normalized spacial score (nSPS) is 20.2. The Balaban J connectivity index is 1.51. The van der Waals surface area contributed by atoms with Gasteiger partial charge in [0.05, 0.1) is 17.0 Å². The monoisotopic (exact) mass is 413 g/mol. The summed E-state index contributed by atoms with van der Waals surface area (Å²) in [6.07, 6.45) is 0.842. The Bertz CT molecular complexity index is 1160. The second-order valence-corrected chi connectivity index (χ2v) is 8.20. The number of hydrogen-bond acceptors (Lipinski definition) is 6. The zero-order valence-corrected chi connectivity index (χ0v) is 16.1. The van der Waals surface area contributed by atoms with Crippen molar-refractivity contribution in [1.29, 1.82) is 0 Å². The Morgan fingerprint density at radius 3 is 3.07 bits per heavy atom.